The average Bonchev–Trinajstić information content (AvgIpc) is 2.57. The molecular formula is C21H40O2. The van der Waals surface area contributed by atoms with Crippen molar-refractivity contribution in [3.8, 4) is 0 Å². The van der Waals surface area contributed by atoms with E-state index in [1.54, 1.807) is 0 Å². The van der Waals surface area contributed by atoms with Gasteiger partial charge in [0.05, 0.1) is 6.61 Å². The van der Waals surface area contributed by atoms with Crippen molar-refractivity contribution in [1.82, 2.24) is 0 Å². The third-order valence-electron chi connectivity index (χ3n) is 4.35. The zero-order valence-corrected chi connectivity index (χ0v) is 15.6. The number of allylic oxidation sites excluding steroid dienone is 1. The van der Waals surface area contributed by atoms with Gasteiger partial charge in [0.1, 0.15) is 0 Å². The van der Waals surface area contributed by atoms with Crippen LogP contribution < -0.4 is 0 Å². The fourth-order valence-electron chi connectivity index (χ4n) is 2.80. The minimum absolute atomic E-state index is 0.0678. The van der Waals surface area contributed by atoms with Crippen LogP contribution in [0.4, 0.5) is 0 Å². The molecule has 0 saturated heterocycles. The molecule has 0 rings (SSSR count). The predicted octanol–water partition coefficient (Wildman–Crippen LogP) is 6.98. The second-order valence-corrected chi connectivity index (χ2v) is 6.60. The monoisotopic (exact) mass is 324 g/mol. The first-order chi connectivity index (χ1) is 11.3. The van der Waals surface area contributed by atoms with E-state index in [1.165, 1.54) is 89.9 Å². The van der Waals surface area contributed by atoms with Crippen LogP contribution in [0.5, 0.6) is 0 Å². The molecule has 0 aliphatic heterocycles. The van der Waals surface area contributed by atoms with Crippen molar-refractivity contribution >= 4 is 5.97 Å². The smallest absolute Gasteiger partial charge is 0.305 e. The van der Waals surface area contributed by atoms with E-state index in [-0.39, 0.29) is 5.97 Å². The van der Waals surface area contributed by atoms with Crippen molar-refractivity contribution < 1.29 is 9.53 Å². The van der Waals surface area contributed by atoms with E-state index in [1.807, 2.05) is 13.0 Å². The maximum atomic E-state index is 10.9. The van der Waals surface area contributed by atoms with E-state index in [0.717, 1.165) is 6.42 Å². The lowest BCUT2D eigenvalue weighted by Gasteiger charge is -2.04. The van der Waals surface area contributed by atoms with Gasteiger partial charge in [-0.05, 0) is 19.3 Å². The Bertz CT molecular complexity index is 261. The molecule has 0 aromatic heterocycles. The predicted molar refractivity (Wildman–Crippen MR) is 101 cm³/mol. The molecule has 2 heteroatoms. The molecule has 0 aromatic carbocycles. The van der Waals surface area contributed by atoms with E-state index in [0.29, 0.717) is 13.0 Å². The molecule has 0 unspecified atom stereocenters. The van der Waals surface area contributed by atoms with E-state index >= 15 is 0 Å². The molecule has 0 aliphatic carbocycles. The number of esters is 1. The summed E-state index contributed by atoms with van der Waals surface area (Å²) in [5, 5.41) is 0. The summed E-state index contributed by atoms with van der Waals surface area (Å²) in [6.45, 7) is 6.21. The summed E-state index contributed by atoms with van der Waals surface area (Å²) >= 11 is 0. The number of rotatable bonds is 18. The van der Waals surface area contributed by atoms with Crippen LogP contribution in [-0.2, 0) is 9.53 Å². The molecule has 0 amide bonds. The van der Waals surface area contributed by atoms with Crippen LogP contribution >= 0.6 is 0 Å². The molecule has 0 saturated carbocycles. The topological polar surface area (TPSA) is 26.3 Å². The van der Waals surface area contributed by atoms with Gasteiger partial charge in [0, 0.05) is 6.42 Å². The highest BCUT2D eigenvalue weighted by molar-refractivity contribution is 5.68. The van der Waals surface area contributed by atoms with Crippen LogP contribution in [0.3, 0.4) is 0 Å². The summed E-state index contributed by atoms with van der Waals surface area (Å²) in [7, 11) is 0. The van der Waals surface area contributed by atoms with Crippen LogP contribution in [-0.4, -0.2) is 12.6 Å². The molecule has 0 bridgehead atoms. The van der Waals surface area contributed by atoms with Gasteiger partial charge in [-0.1, -0.05) is 90.0 Å². The third kappa shape index (κ3) is 19.2. The van der Waals surface area contributed by atoms with Gasteiger partial charge in [-0.15, -0.1) is 6.58 Å². The first-order valence-electron chi connectivity index (χ1n) is 10.1. The van der Waals surface area contributed by atoms with Gasteiger partial charge in [-0.3, -0.25) is 4.79 Å². The standard InChI is InChI=1S/C21H40O2/c1-3-5-6-7-8-9-10-11-12-13-14-15-16-17-18-19-20-23-21(22)4-2/h3H,1,4-20H2,2H3. The summed E-state index contributed by atoms with van der Waals surface area (Å²) in [6, 6.07) is 0. The Balaban J connectivity index is 3.00. The second kappa shape index (κ2) is 19.3. The van der Waals surface area contributed by atoms with Crippen LogP contribution in [0.25, 0.3) is 0 Å². The van der Waals surface area contributed by atoms with Gasteiger partial charge < -0.3 is 4.74 Å². The average molecular weight is 325 g/mol. The van der Waals surface area contributed by atoms with Crippen molar-refractivity contribution in [2.24, 2.45) is 0 Å². The van der Waals surface area contributed by atoms with Crippen molar-refractivity contribution in [1.29, 1.82) is 0 Å². The molecule has 0 N–H and O–H groups in total. The van der Waals surface area contributed by atoms with Crippen LogP contribution in [0.15, 0.2) is 12.7 Å². The Morgan fingerprint density at radius 1 is 0.739 bits per heavy atom. The zero-order chi connectivity index (χ0) is 17.0. The van der Waals surface area contributed by atoms with E-state index < -0.39 is 0 Å². The highest BCUT2D eigenvalue weighted by atomic mass is 16.5. The normalized spacial score (nSPS) is 10.7. The number of hydrogen-bond acceptors (Lipinski definition) is 2. The molecule has 136 valence electrons. The van der Waals surface area contributed by atoms with Crippen LogP contribution in [0.2, 0.25) is 0 Å². The summed E-state index contributed by atoms with van der Waals surface area (Å²) in [5.74, 6) is -0.0678. The maximum Gasteiger partial charge on any atom is 0.305 e. The van der Waals surface area contributed by atoms with Crippen LogP contribution in [0, 0.1) is 0 Å². The fraction of sp³-hybridized carbons (Fsp3) is 0.857. The summed E-state index contributed by atoms with van der Waals surface area (Å²) in [6.07, 6.45) is 22.5. The molecule has 0 atom stereocenters. The van der Waals surface area contributed by atoms with Gasteiger partial charge in [-0.2, -0.15) is 0 Å². The largest absolute Gasteiger partial charge is 0.466 e. The molecule has 0 aliphatic rings. The Kier molecular flexibility index (Phi) is 18.6. The minimum Gasteiger partial charge on any atom is -0.466 e. The molecule has 23 heavy (non-hydrogen) atoms. The van der Waals surface area contributed by atoms with Crippen molar-refractivity contribution in [2.75, 3.05) is 6.61 Å². The molecule has 0 radical (unpaired) electrons. The Morgan fingerprint density at radius 3 is 1.52 bits per heavy atom. The molecule has 2 nitrogen and oxygen atoms in total. The number of unbranched alkanes of at least 4 members (excludes halogenated alkanes) is 14. The van der Waals surface area contributed by atoms with E-state index in [2.05, 4.69) is 6.58 Å². The molecule has 0 heterocycles. The lowest BCUT2D eigenvalue weighted by atomic mass is 10.0. The Hall–Kier alpha value is -0.790. The lowest BCUT2D eigenvalue weighted by molar-refractivity contribution is -0.143. The third-order valence-corrected chi connectivity index (χ3v) is 4.35. The summed E-state index contributed by atoms with van der Waals surface area (Å²) < 4.78 is 5.07. The van der Waals surface area contributed by atoms with Crippen molar-refractivity contribution in [3.63, 3.8) is 0 Å². The summed E-state index contributed by atoms with van der Waals surface area (Å²) in [5.41, 5.74) is 0. The zero-order valence-electron chi connectivity index (χ0n) is 15.6. The molecule has 0 aromatic rings. The first kappa shape index (κ1) is 22.2. The highest BCUT2D eigenvalue weighted by Crippen LogP contribution is 2.13. The van der Waals surface area contributed by atoms with Gasteiger partial charge in [0.15, 0.2) is 0 Å². The highest BCUT2D eigenvalue weighted by Gasteiger charge is 1.97. The number of carbonyl (C=O) groups is 1. The van der Waals surface area contributed by atoms with Crippen LogP contribution in [0.1, 0.15) is 110 Å². The Labute approximate surface area is 145 Å². The van der Waals surface area contributed by atoms with Crippen molar-refractivity contribution in [3.05, 3.63) is 12.7 Å². The molecular weight excluding hydrogens is 284 g/mol. The van der Waals surface area contributed by atoms with E-state index in [9.17, 15) is 4.79 Å². The lowest BCUT2D eigenvalue weighted by Crippen LogP contribution is -2.03. The van der Waals surface area contributed by atoms with Crippen molar-refractivity contribution in [2.45, 2.75) is 110 Å². The quantitative estimate of drug-likeness (QED) is 0.154. The Morgan fingerprint density at radius 2 is 1.13 bits per heavy atom. The van der Waals surface area contributed by atoms with Gasteiger partial charge >= 0.3 is 5.97 Å². The SMILES string of the molecule is C=CCCCCCCCCCCCCCCCCOC(=O)CC. The minimum atomic E-state index is -0.0678. The number of hydrogen-bond donors (Lipinski definition) is 0. The summed E-state index contributed by atoms with van der Waals surface area (Å²) in [4.78, 5) is 10.9. The fourth-order valence-corrected chi connectivity index (χ4v) is 2.80. The molecule has 0 fully saturated rings. The number of ether oxygens (including phenoxy) is 1. The second-order valence-electron chi connectivity index (χ2n) is 6.60. The molecule has 0 spiro atoms. The van der Waals surface area contributed by atoms with Gasteiger partial charge in [-0.25, -0.2) is 0 Å². The van der Waals surface area contributed by atoms with Gasteiger partial charge in [0.2, 0.25) is 0 Å². The van der Waals surface area contributed by atoms with Gasteiger partial charge in [0.25, 0.3) is 0 Å². The first-order valence-corrected chi connectivity index (χ1v) is 10.1. The van der Waals surface area contributed by atoms with E-state index in [4.69, 9.17) is 4.74 Å². The maximum absolute atomic E-state index is 10.9. The number of carbonyl (C=O) groups excluding carboxylic acids is 1.